The third-order valence-corrected chi connectivity index (χ3v) is 6.97. The van der Waals surface area contributed by atoms with Gasteiger partial charge in [0.05, 0.1) is 33.8 Å². The number of carbonyl (C=O) groups is 2. The topological polar surface area (TPSA) is 97.5 Å². The minimum absolute atomic E-state index is 0.183. The van der Waals surface area contributed by atoms with Crippen molar-refractivity contribution in [2.24, 2.45) is 11.1 Å². The van der Waals surface area contributed by atoms with Crippen molar-refractivity contribution in [3.05, 3.63) is 41.0 Å². The number of likely N-dealkylation sites (tertiary alicyclic amines) is 1. The summed E-state index contributed by atoms with van der Waals surface area (Å²) in [6.07, 6.45) is 0.240. The van der Waals surface area contributed by atoms with E-state index in [1.165, 1.54) is 0 Å². The van der Waals surface area contributed by atoms with Crippen molar-refractivity contribution in [1.29, 1.82) is 0 Å². The predicted molar refractivity (Wildman–Crippen MR) is 136 cm³/mol. The molecule has 2 aromatic rings. The highest BCUT2D eigenvalue weighted by atomic mass is 32.1. The number of aryl methyl sites for hydroxylation is 1. The van der Waals surface area contributed by atoms with Gasteiger partial charge in [0.15, 0.2) is 0 Å². The van der Waals surface area contributed by atoms with E-state index in [0.29, 0.717) is 19.5 Å². The molecule has 1 aliphatic heterocycles. The molecule has 186 valence electrons. The van der Waals surface area contributed by atoms with E-state index in [1.54, 1.807) is 16.2 Å². The van der Waals surface area contributed by atoms with Crippen molar-refractivity contribution < 1.29 is 14.3 Å². The first kappa shape index (κ1) is 26.3. The number of rotatable bonds is 6. The molecule has 1 aromatic heterocycles. The standard InChI is InChI=1S/C26H38N4O3S/c1-16-21(34-15-29-16)18-10-8-17(9-11-18)13-28-23(31)20-12-19(33-26(5,6)7)14-30(20)24(32)22(27)25(2,3)4/h8-11,15,19-20,22H,12-14,27H2,1-7H3,(H,28,31)/t19-,20+,22-/m1/s1. The monoisotopic (exact) mass is 486 g/mol. The predicted octanol–water partition coefficient (Wildman–Crippen LogP) is 3.89. The second kappa shape index (κ2) is 10.1. The molecule has 3 rings (SSSR count). The Morgan fingerprint density at radius 3 is 2.38 bits per heavy atom. The summed E-state index contributed by atoms with van der Waals surface area (Å²) in [5, 5.41) is 3.01. The second-order valence-corrected chi connectivity index (χ2v) is 12.0. The number of nitrogens with one attached hydrogen (secondary N) is 1. The summed E-state index contributed by atoms with van der Waals surface area (Å²) in [6, 6.07) is 6.80. The largest absolute Gasteiger partial charge is 0.371 e. The van der Waals surface area contributed by atoms with Crippen molar-refractivity contribution in [3.63, 3.8) is 0 Å². The van der Waals surface area contributed by atoms with Crippen LogP contribution in [0.1, 0.15) is 59.2 Å². The summed E-state index contributed by atoms with van der Waals surface area (Å²) in [4.78, 5) is 33.5. The molecule has 3 atom stereocenters. The third kappa shape index (κ3) is 6.43. The highest BCUT2D eigenvalue weighted by Gasteiger charge is 2.44. The Bertz CT molecular complexity index is 1000. The molecule has 0 aliphatic carbocycles. The molecule has 0 radical (unpaired) electrons. The number of aromatic nitrogens is 1. The Hall–Kier alpha value is -2.29. The number of benzene rings is 1. The van der Waals surface area contributed by atoms with Crippen LogP contribution >= 0.6 is 11.3 Å². The molecule has 1 fully saturated rings. The van der Waals surface area contributed by atoms with Gasteiger partial charge in [0.25, 0.3) is 0 Å². The molecule has 0 unspecified atom stereocenters. The molecule has 0 spiro atoms. The molecular formula is C26H38N4O3S. The van der Waals surface area contributed by atoms with Crippen LogP contribution in [0.5, 0.6) is 0 Å². The molecule has 1 aliphatic rings. The first-order valence-electron chi connectivity index (χ1n) is 11.8. The number of ether oxygens (including phenoxy) is 1. The Balaban J connectivity index is 1.69. The van der Waals surface area contributed by atoms with Crippen molar-refractivity contribution in [3.8, 4) is 10.4 Å². The van der Waals surface area contributed by atoms with Gasteiger partial charge in [-0.25, -0.2) is 4.98 Å². The molecule has 34 heavy (non-hydrogen) atoms. The van der Waals surface area contributed by atoms with E-state index >= 15 is 0 Å². The smallest absolute Gasteiger partial charge is 0.243 e. The summed E-state index contributed by atoms with van der Waals surface area (Å²) < 4.78 is 6.13. The van der Waals surface area contributed by atoms with Crippen LogP contribution in [0.4, 0.5) is 0 Å². The molecule has 3 N–H and O–H groups in total. The fourth-order valence-corrected chi connectivity index (χ4v) is 4.90. The van der Waals surface area contributed by atoms with Crippen LogP contribution < -0.4 is 11.1 Å². The van der Waals surface area contributed by atoms with Crippen molar-refractivity contribution in [2.75, 3.05) is 6.54 Å². The van der Waals surface area contributed by atoms with Crippen LogP contribution in [0.25, 0.3) is 10.4 Å². The van der Waals surface area contributed by atoms with E-state index in [9.17, 15) is 9.59 Å². The van der Waals surface area contributed by atoms with Gasteiger partial charge in [0, 0.05) is 19.5 Å². The fraction of sp³-hybridized carbons (Fsp3) is 0.577. The van der Waals surface area contributed by atoms with Crippen molar-refractivity contribution in [1.82, 2.24) is 15.2 Å². The van der Waals surface area contributed by atoms with Gasteiger partial charge in [0.1, 0.15) is 6.04 Å². The number of hydrogen-bond donors (Lipinski definition) is 2. The van der Waals surface area contributed by atoms with Crippen molar-refractivity contribution >= 4 is 23.2 Å². The van der Waals surface area contributed by atoms with Crippen LogP contribution in [-0.4, -0.2) is 52.0 Å². The second-order valence-electron chi connectivity index (χ2n) is 11.1. The third-order valence-electron chi connectivity index (χ3n) is 6.00. The maximum atomic E-state index is 13.2. The normalized spacial score (nSPS) is 19.8. The summed E-state index contributed by atoms with van der Waals surface area (Å²) in [7, 11) is 0. The highest BCUT2D eigenvalue weighted by molar-refractivity contribution is 7.13. The molecule has 8 heteroatoms. The summed E-state index contributed by atoms with van der Waals surface area (Å²) in [6.45, 7) is 14.5. The van der Waals surface area contributed by atoms with Crippen LogP contribution in [0.3, 0.4) is 0 Å². The molecule has 1 saturated heterocycles. The lowest BCUT2D eigenvalue weighted by molar-refractivity contribution is -0.141. The molecule has 1 aromatic carbocycles. The first-order valence-corrected chi connectivity index (χ1v) is 12.6. The van der Waals surface area contributed by atoms with E-state index in [2.05, 4.69) is 10.3 Å². The average Bonchev–Trinajstić information content (AvgIpc) is 3.35. The molecule has 2 amide bonds. The van der Waals surface area contributed by atoms with Crippen LogP contribution in [0.15, 0.2) is 29.8 Å². The molecule has 0 bridgehead atoms. The van der Waals surface area contributed by atoms with Gasteiger partial charge in [0.2, 0.25) is 11.8 Å². The number of thiazole rings is 1. The van der Waals surface area contributed by atoms with Gasteiger partial charge in [-0.15, -0.1) is 11.3 Å². The van der Waals surface area contributed by atoms with E-state index in [-0.39, 0.29) is 23.5 Å². The van der Waals surface area contributed by atoms with Gasteiger partial charge in [-0.2, -0.15) is 0 Å². The SMILES string of the molecule is Cc1ncsc1-c1ccc(CNC(=O)[C@@H]2C[C@@H](OC(C)(C)C)CN2C(=O)[C@@H](N)C(C)(C)C)cc1. The van der Waals surface area contributed by atoms with Gasteiger partial charge in [-0.3, -0.25) is 9.59 Å². The molecule has 0 saturated carbocycles. The quantitative estimate of drug-likeness (QED) is 0.646. The zero-order chi connectivity index (χ0) is 25.3. The summed E-state index contributed by atoms with van der Waals surface area (Å²) >= 11 is 1.61. The lowest BCUT2D eigenvalue weighted by Crippen LogP contribution is -2.54. The first-order chi connectivity index (χ1) is 15.8. The lowest BCUT2D eigenvalue weighted by Gasteiger charge is -2.32. The van der Waals surface area contributed by atoms with E-state index < -0.39 is 17.5 Å². The Kier molecular flexibility index (Phi) is 7.85. The number of nitrogens with two attached hydrogens (primary N) is 1. The van der Waals surface area contributed by atoms with Crippen LogP contribution in [0.2, 0.25) is 0 Å². The minimum Gasteiger partial charge on any atom is -0.371 e. The fourth-order valence-electron chi connectivity index (χ4n) is 4.08. The Labute approximate surface area is 207 Å². The zero-order valence-corrected chi connectivity index (χ0v) is 22.2. The Morgan fingerprint density at radius 2 is 1.85 bits per heavy atom. The number of nitrogens with zero attached hydrogens (tertiary/aromatic N) is 2. The minimum atomic E-state index is -0.695. The van der Waals surface area contributed by atoms with E-state index in [1.807, 2.05) is 78.2 Å². The number of hydrogen-bond acceptors (Lipinski definition) is 6. The lowest BCUT2D eigenvalue weighted by atomic mass is 9.86. The van der Waals surface area contributed by atoms with Gasteiger partial charge in [-0.05, 0) is 44.2 Å². The Morgan fingerprint density at radius 1 is 1.21 bits per heavy atom. The molecule has 7 nitrogen and oxygen atoms in total. The maximum absolute atomic E-state index is 13.2. The zero-order valence-electron chi connectivity index (χ0n) is 21.3. The number of amides is 2. The van der Waals surface area contributed by atoms with E-state index in [0.717, 1.165) is 21.7 Å². The molecule has 2 heterocycles. The van der Waals surface area contributed by atoms with Gasteiger partial charge >= 0.3 is 0 Å². The summed E-state index contributed by atoms with van der Waals surface area (Å²) in [5.74, 6) is -0.395. The highest BCUT2D eigenvalue weighted by Crippen LogP contribution is 2.29. The van der Waals surface area contributed by atoms with Gasteiger partial charge in [-0.1, -0.05) is 45.0 Å². The van der Waals surface area contributed by atoms with Crippen LogP contribution in [-0.2, 0) is 20.9 Å². The van der Waals surface area contributed by atoms with Crippen LogP contribution in [0, 0.1) is 12.3 Å². The van der Waals surface area contributed by atoms with E-state index in [4.69, 9.17) is 10.5 Å². The maximum Gasteiger partial charge on any atom is 0.243 e. The van der Waals surface area contributed by atoms with Gasteiger partial charge < -0.3 is 20.7 Å². The summed E-state index contributed by atoms with van der Waals surface area (Å²) in [5.41, 5.74) is 10.5. The van der Waals surface area contributed by atoms with Crippen molar-refractivity contribution in [2.45, 2.75) is 85.2 Å². The average molecular weight is 487 g/mol. The molecular weight excluding hydrogens is 448 g/mol. The number of carbonyl (C=O) groups excluding carboxylic acids is 2.